The van der Waals surface area contributed by atoms with Gasteiger partial charge in [-0.3, -0.25) is 4.79 Å². The molecule has 28 heavy (non-hydrogen) atoms. The van der Waals surface area contributed by atoms with Crippen LogP contribution in [0.3, 0.4) is 0 Å². The van der Waals surface area contributed by atoms with Gasteiger partial charge in [-0.15, -0.1) is 5.10 Å². The van der Waals surface area contributed by atoms with Crippen molar-refractivity contribution < 1.29 is 18.7 Å². The first kappa shape index (κ1) is 19.6. The third-order valence-corrected chi connectivity index (χ3v) is 4.25. The van der Waals surface area contributed by atoms with E-state index in [9.17, 15) is 4.79 Å². The van der Waals surface area contributed by atoms with E-state index in [1.165, 1.54) is 4.68 Å². The first-order valence-corrected chi connectivity index (χ1v) is 9.06. The van der Waals surface area contributed by atoms with Gasteiger partial charge in [-0.2, -0.15) is 0 Å². The van der Waals surface area contributed by atoms with Crippen molar-refractivity contribution in [3.63, 3.8) is 0 Å². The average Bonchev–Trinajstić information content (AvgIpc) is 3.01. The van der Waals surface area contributed by atoms with Crippen molar-refractivity contribution >= 4 is 23.8 Å². The van der Waals surface area contributed by atoms with E-state index in [1.54, 1.807) is 13.2 Å². The van der Waals surface area contributed by atoms with Crippen LogP contribution in [0.5, 0.6) is 11.5 Å². The number of amides is 1. The summed E-state index contributed by atoms with van der Waals surface area (Å²) < 4.78 is 17.6. The van der Waals surface area contributed by atoms with E-state index in [1.807, 2.05) is 50.2 Å². The number of hydrogen-bond acceptors (Lipinski definition) is 6. The molecule has 0 radical (unpaired) electrons. The van der Waals surface area contributed by atoms with Gasteiger partial charge in [-0.1, -0.05) is 23.8 Å². The van der Waals surface area contributed by atoms with Crippen molar-refractivity contribution in [2.75, 3.05) is 12.4 Å². The van der Waals surface area contributed by atoms with Crippen molar-refractivity contribution in [2.45, 2.75) is 27.0 Å². The second-order valence-corrected chi connectivity index (χ2v) is 6.62. The molecule has 1 N–H and O–H groups in total. The summed E-state index contributed by atoms with van der Waals surface area (Å²) in [6.45, 7) is 3.97. The molecular weight excluding hydrogens is 378 g/mol. The van der Waals surface area contributed by atoms with Crippen molar-refractivity contribution in [1.29, 1.82) is 0 Å². The predicted molar refractivity (Wildman–Crippen MR) is 107 cm³/mol. The monoisotopic (exact) mass is 399 g/mol. The SMILES string of the molecule is COc1ccc(C)cc1NC(=O)Cn1nc(COc2ccc(C)cc2)oc1=S. The van der Waals surface area contributed by atoms with E-state index in [-0.39, 0.29) is 23.9 Å². The summed E-state index contributed by atoms with van der Waals surface area (Å²) in [5.41, 5.74) is 2.74. The molecule has 0 bridgehead atoms. The van der Waals surface area contributed by atoms with Gasteiger partial charge in [-0.05, 0) is 55.9 Å². The molecule has 0 spiro atoms. The van der Waals surface area contributed by atoms with Crippen LogP contribution in [0.25, 0.3) is 0 Å². The van der Waals surface area contributed by atoms with E-state index in [2.05, 4.69) is 10.4 Å². The second-order valence-electron chi connectivity index (χ2n) is 6.27. The Bertz CT molecular complexity index is 1020. The molecule has 1 heterocycles. The summed E-state index contributed by atoms with van der Waals surface area (Å²) in [6.07, 6.45) is 0. The molecule has 0 saturated heterocycles. The summed E-state index contributed by atoms with van der Waals surface area (Å²) in [5.74, 6) is 1.28. The Morgan fingerprint density at radius 2 is 1.89 bits per heavy atom. The highest BCUT2D eigenvalue weighted by molar-refractivity contribution is 7.71. The molecule has 0 fully saturated rings. The summed E-state index contributed by atoms with van der Waals surface area (Å²) in [4.78, 5) is 12.5. The number of aromatic nitrogens is 2. The third kappa shape index (κ3) is 4.98. The van der Waals surface area contributed by atoms with Crippen molar-refractivity contribution in [3.8, 4) is 11.5 Å². The number of anilines is 1. The molecule has 1 amide bonds. The number of carbonyl (C=O) groups excluding carboxylic acids is 1. The molecule has 0 aliphatic carbocycles. The van der Waals surface area contributed by atoms with Crippen LogP contribution >= 0.6 is 12.2 Å². The van der Waals surface area contributed by atoms with Crippen LogP contribution in [0.4, 0.5) is 5.69 Å². The Hall–Kier alpha value is -3.13. The number of rotatable bonds is 7. The number of nitrogens with zero attached hydrogens (tertiary/aromatic N) is 2. The quantitative estimate of drug-likeness (QED) is 0.604. The normalized spacial score (nSPS) is 10.5. The van der Waals surface area contributed by atoms with Crippen LogP contribution in [0.15, 0.2) is 46.9 Å². The molecule has 0 saturated carbocycles. The second kappa shape index (κ2) is 8.71. The first-order chi connectivity index (χ1) is 13.4. The molecule has 0 unspecified atom stereocenters. The van der Waals surface area contributed by atoms with Gasteiger partial charge in [0, 0.05) is 0 Å². The molecule has 0 atom stereocenters. The lowest BCUT2D eigenvalue weighted by molar-refractivity contribution is -0.117. The Kier molecular flexibility index (Phi) is 6.10. The van der Waals surface area contributed by atoms with E-state index in [0.29, 0.717) is 23.1 Å². The highest BCUT2D eigenvalue weighted by Gasteiger charge is 2.12. The predicted octanol–water partition coefficient (Wildman–Crippen LogP) is 4.05. The minimum atomic E-state index is -0.292. The summed E-state index contributed by atoms with van der Waals surface area (Å²) in [5, 5.41) is 7.02. The van der Waals surface area contributed by atoms with E-state index in [4.69, 9.17) is 26.1 Å². The zero-order valence-corrected chi connectivity index (χ0v) is 16.7. The maximum atomic E-state index is 12.4. The summed E-state index contributed by atoms with van der Waals surface area (Å²) in [6, 6.07) is 13.2. The highest BCUT2D eigenvalue weighted by atomic mass is 32.1. The molecule has 3 aromatic rings. The number of hydrogen-bond donors (Lipinski definition) is 1. The largest absolute Gasteiger partial charge is 0.495 e. The fourth-order valence-corrected chi connectivity index (χ4v) is 2.73. The fraction of sp³-hybridized carbons (Fsp3) is 0.250. The Labute approximate surface area is 167 Å². The lowest BCUT2D eigenvalue weighted by Gasteiger charge is -2.10. The topological polar surface area (TPSA) is 78.5 Å². The Morgan fingerprint density at radius 1 is 1.18 bits per heavy atom. The zero-order valence-electron chi connectivity index (χ0n) is 15.9. The molecule has 8 heteroatoms. The summed E-state index contributed by atoms with van der Waals surface area (Å²) in [7, 11) is 1.55. The molecule has 7 nitrogen and oxygen atoms in total. The van der Waals surface area contributed by atoms with Gasteiger partial charge >= 0.3 is 0 Å². The average molecular weight is 399 g/mol. The molecular formula is C20H21N3O4S. The molecule has 1 aromatic heterocycles. The summed E-state index contributed by atoms with van der Waals surface area (Å²) >= 11 is 5.15. The van der Waals surface area contributed by atoms with Gasteiger partial charge in [0.25, 0.3) is 10.7 Å². The fourth-order valence-electron chi connectivity index (χ4n) is 2.53. The lowest BCUT2D eigenvalue weighted by atomic mass is 10.2. The van der Waals surface area contributed by atoms with Crippen LogP contribution in [-0.4, -0.2) is 22.8 Å². The van der Waals surface area contributed by atoms with Gasteiger partial charge in [0.05, 0.1) is 12.8 Å². The number of carbonyl (C=O) groups is 1. The van der Waals surface area contributed by atoms with Gasteiger partial charge in [0.15, 0.2) is 6.61 Å². The Balaban J connectivity index is 1.63. The number of methoxy groups -OCH3 is 1. The minimum Gasteiger partial charge on any atom is -0.495 e. The molecule has 3 rings (SSSR count). The van der Waals surface area contributed by atoms with Crippen LogP contribution in [-0.2, 0) is 17.9 Å². The molecule has 0 aliphatic rings. The van der Waals surface area contributed by atoms with Crippen LogP contribution in [0, 0.1) is 18.7 Å². The number of nitrogens with one attached hydrogen (secondary N) is 1. The first-order valence-electron chi connectivity index (χ1n) is 8.65. The minimum absolute atomic E-state index is 0.0794. The van der Waals surface area contributed by atoms with Gasteiger partial charge < -0.3 is 19.2 Å². The van der Waals surface area contributed by atoms with Crippen LogP contribution < -0.4 is 14.8 Å². The maximum absolute atomic E-state index is 12.4. The molecule has 146 valence electrons. The maximum Gasteiger partial charge on any atom is 0.287 e. The van der Waals surface area contributed by atoms with E-state index in [0.717, 1.165) is 11.1 Å². The third-order valence-electron chi connectivity index (χ3n) is 3.95. The molecule has 2 aromatic carbocycles. The highest BCUT2D eigenvalue weighted by Crippen LogP contribution is 2.25. The Morgan fingerprint density at radius 3 is 2.61 bits per heavy atom. The van der Waals surface area contributed by atoms with Gasteiger partial charge in [0.2, 0.25) is 5.91 Å². The van der Waals surface area contributed by atoms with Crippen LogP contribution in [0.2, 0.25) is 0 Å². The van der Waals surface area contributed by atoms with Crippen LogP contribution in [0.1, 0.15) is 17.0 Å². The van der Waals surface area contributed by atoms with Crippen molar-refractivity contribution in [2.24, 2.45) is 0 Å². The standard InChI is InChI=1S/C20H21N3O4S/c1-13-4-7-15(8-5-13)26-12-19-22-23(20(28)27-19)11-18(24)21-16-10-14(2)6-9-17(16)25-3/h4-10H,11-12H2,1-3H3,(H,21,24). The van der Waals surface area contributed by atoms with Gasteiger partial charge in [0.1, 0.15) is 18.0 Å². The lowest BCUT2D eigenvalue weighted by Crippen LogP contribution is -2.20. The van der Waals surface area contributed by atoms with Crippen molar-refractivity contribution in [3.05, 3.63) is 64.3 Å². The smallest absolute Gasteiger partial charge is 0.287 e. The van der Waals surface area contributed by atoms with E-state index < -0.39 is 0 Å². The van der Waals surface area contributed by atoms with E-state index >= 15 is 0 Å². The van der Waals surface area contributed by atoms with Crippen molar-refractivity contribution in [1.82, 2.24) is 9.78 Å². The number of aryl methyl sites for hydroxylation is 2. The zero-order chi connectivity index (χ0) is 20.1. The number of benzene rings is 2. The van der Waals surface area contributed by atoms with Gasteiger partial charge in [-0.25, -0.2) is 4.68 Å². The number of ether oxygens (including phenoxy) is 2. The molecule has 0 aliphatic heterocycles.